The Kier molecular flexibility index (Phi) is 20.5. The van der Waals surface area contributed by atoms with Crippen molar-refractivity contribution in [3.8, 4) is 0 Å². The fourth-order valence-electron chi connectivity index (χ4n) is 1.38. The average molecular weight is 338 g/mol. The second-order valence-corrected chi connectivity index (χ2v) is 4.94. The lowest BCUT2D eigenvalue weighted by Gasteiger charge is -2.10. The topological polar surface area (TPSA) is 68.8 Å². The summed E-state index contributed by atoms with van der Waals surface area (Å²) in [6.07, 6.45) is -1.19. The van der Waals surface area contributed by atoms with Gasteiger partial charge in [0.1, 0.15) is 6.17 Å². The Balaban J connectivity index is 0. The highest BCUT2D eigenvalue weighted by atomic mass is 19.1. The van der Waals surface area contributed by atoms with Crippen molar-refractivity contribution >= 4 is 5.91 Å². The lowest BCUT2D eigenvalue weighted by Crippen LogP contribution is -2.30. The van der Waals surface area contributed by atoms with Gasteiger partial charge in [0.05, 0.1) is 46.2 Å². The van der Waals surface area contributed by atoms with Crippen LogP contribution in [0.15, 0.2) is 0 Å². The molecule has 7 heteroatoms. The number of hydrogen-bond acceptors (Lipinski definition) is 5. The highest BCUT2D eigenvalue weighted by molar-refractivity contribution is 5.72. The Morgan fingerprint density at radius 3 is 2.04 bits per heavy atom. The van der Waals surface area contributed by atoms with Crippen LogP contribution in [0.2, 0.25) is 0 Å². The Labute approximate surface area is 140 Å². The summed E-state index contributed by atoms with van der Waals surface area (Å²) >= 11 is 0. The zero-order chi connectivity index (χ0) is 17.9. The Morgan fingerprint density at radius 1 is 1.00 bits per heavy atom. The van der Waals surface area contributed by atoms with Gasteiger partial charge in [0, 0.05) is 19.5 Å². The lowest BCUT2D eigenvalue weighted by atomic mass is 10.4. The Hall–Kier alpha value is -0.760. The molecule has 0 aromatic rings. The molecular weight excluding hydrogens is 303 g/mol. The van der Waals surface area contributed by atoms with E-state index in [1.54, 1.807) is 0 Å². The van der Waals surface area contributed by atoms with E-state index in [0.29, 0.717) is 39.1 Å². The fourth-order valence-corrected chi connectivity index (χ4v) is 1.38. The van der Waals surface area contributed by atoms with E-state index >= 15 is 0 Å². The number of nitrogens with one attached hydrogen (secondary N) is 2. The van der Waals surface area contributed by atoms with Crippen LogP contribution >= 0.6 is 0 Å². The quantitative estimate of drug-likeness (QED) is 0.470. The smallest absolute Gasteiger partial charge is 0.216 e. The van der Waals surface area contributed by atoms with Gasteiger partial charge in [-0.05, 0) is 0 Å². The molecule has 0 aliphatic heterocycles. The number of carbonyl (C=O) groups excluding carboxylic acids is 1. The first-order valence-corrected chi connectivity index (χ1v) is 8.37. The molecular formula is C16H35FN2O4. The van der Waals surface area contributed by atoms with Crippen molar-refractivity contribution in [2.45, 2.75) is 46.8 Å². The molecule has 0 saturated carbocycles. The third kappa shape index (κ3) is 23.6. The maximum Gasteiger partial charge on any atom is 0.216 e. The monoisotopic (exact) mass is 338 g/mol. The van der Waals surface area contributed by atoms with E-state index in [0.717, 1.165) is 6.54 Å². The molecule has 6 nitrogen and oxygen atoms in total. The largest absolute Gasteiger partial charge is 0.378 e. The van der Waals surface area contributed by atoms with Crippen molar-refractivity contribution in [1.29, 1.82) is 0 Å². The number of halogens is 1. The van der Waals surface area contributed by atoms with Crippen molar-refractivity contribution in [2.75, 3.05) is 52.7 Å². The number of carbonyl (C=O) groups is 1. The van der Waals surface area contributed by atoms with Crippen LogP contribution in [0.25, 0.3) is 0 Å². The van der Waals surface area contributed by atoms with Gasteiger partial charge < -0.3 is 24.8 Å². The molecule has 0 radical (unpaired) electrons. The lowest BCUT2D eigenvalue weighted by molar-refractivity contribution is -0.119. The van der Waals surface area contributed by atoms with Crippen molar-refractivity contribution in [1.82, 2.24) is 10.6 Å². The summed E-state index contributed by atoms with van der Waals surface area (Å²) in [7, 11) is 0. The maximum absolute atomic E-state index is 13.2. The molecule has 1 amide bonds. The molecule has 23 heavy (non-hydrogen) atoms. The SMILES string of the molecule is CC.CC(=O)NCC(F)COCCOCCOCCNC(C)C. The molecule has 0 bridgehead atoms. The molecule has 2 N–H and O–H groups in total. The van der Waals surface area contributed by atoms with Crippen LogP contribution in [0.4, 0.5) is 4.39 Å². The summed E-state index contributed by atoms with van der Waals surface area (Å²) in [4.78, 5) is 10.6. The number of amides is 1. The first-order chi connectivity index (χ1) is 11.0. The van der Waals surface area contributed by atoms with E-state index < -0.39 is 6.17 Å². The van der Waals surface area contributed by atoms with Gasteiger partial charge in [0.25, 0.3) is 0 Å². The normalized spacial score (nSPS) is 11.8. The second-order valence-electron chi connectivity index (χ2n) is 4.94. The van der Waals surface area contributed by atoms with Crippen LogP contribution in [0, 0.1) is 0 Å². The summed E-state index contributed by atoms with van der Waals surface area (Å²) in [5.41, 5.74) is 0. The van der Waals surface area contributed by atoms with Gasteiger partial charge in [-0.1, -0.05) is 27.7 Å². The fraction of sp³-hybridized carbons (Fsp3) is 0.938. The van der Waals surface area contributed by atoms with Crippen LogP contribution in [-0.4, -0.2) is 70.9 Å². The van der Waals surface area contributed by atoms with E-state index in [-0.39, 0.29) is 19.1 Å². The van der Waals surface area contributed by atoms with E-state index in [9.17, 15) is 9.18 Å². The standard InChI is InChI=1S/C14H29FN2O4.C2H6/c1-12(2)16-4-5-19-6-7-20-8-9-21-11-14(15)10-17-13(3)18;1-2/h12,14,16H,4-11H2,1-3H3,(H,17,18);1-2H3. The summed E-state index contributed by atoms with van der Waals surface area (Å²) in [5.74, 6) is -0.246. The zero-order valence-electron chi connectivity index (χ0n) is 15.3. The van der Waals surface area contributed by atoms with Crippen LogP contribution in [0.1, 0.15) is 34.6 Å². The van der Waals surface area contributed by atoms with E-state index in [4.69, 9.17) is 14.2 Å². The third-order valence-electron chi connectivity index (χ3n) is 2.41. The van der Waals surface area contributed by atoms with Crippen LogP contribution in [-0.2, 0) is 19.0 Å². The molecule has 0 fully saturated rings. The summed E-state index contributed by atoms with van der Waals surface area (Å²) in [6, 6.07) is 0.465. The highest BCUT2D eigenvalue weighted by Gasteiger charge is 2.06. The van der Waals surface area contributed by atoms with E-state index in [1.807, 2.05) is 13.8 Å². The maximum atomic E-state index is 13.2. The van der Waals surface area contributed by atoms with Gasteiger partial charge in [0.15, 0.2) is 0 Å². The second kappa shape index (κ2) is 19.3. The van der Waals surface area contributed by atoms with Gasteiger partial charge >= 0.3 is 0 Å². The molecule has 140 valence electrons. The number of hydrogen-bond donors (Lipinski definition) is 2. The minimum absolute atomic E-state index is 0.0194. The van der Waals surface area contributed by atoms with E-state index in [1.165, 1.54) is 6.92 Å². The predicted molar refractivity (Wildman–Crippen MR) is 90.5 cm³/mol. The minimum Gasteiger partial charge on any atom is -0.378 e. The molecule has 0 aliphatic carbocycles. The van der Waals surface area contributed by atoms with E-state index in [2.05, 4.69) is 24.5 Å². The number of ether oxygens (including phenoxy) is 3. The highest BCUT2D eigenvalue weighted by Crippen LogP contribution is 1.91. The van der Waals surface area contributed by atoms with Crippen molar-refractivity contribution in [3.05, 3.63) is 0 Å². The third-order valence-corrected chi connectivity index (χ3v) is 2.41. The van der Waals surface area contributed by atoms with Crippen molar-refractivity contribution in [3.63, 3.8) is 0 Å². The summed E-state index contributed by atoms with van der Waals surface area (Å²) in [5, 5.41) is 5.64. The summed E-state index contributed by atoms with van der Waals surface area (Å²) < 4.78 is 28.9. The Bertz CT molecular complexity index is 256. The molecule has 0 saturated heterocycles. The molecule has 0 aliphatic rings. The minimum atomic E-state index is -1.19. The molecule has 1 atom stereocenters. The van der Waals surface area contributed by atoms with Crippen LogP contribution in [0.3, 0.4) is 0 Å². The van der Waals surface area contributed by atoms with Crippen molar-refractivity contribution in [2.24, 2.45) is 0 Å². The number of alkyl halides is 1. The van der Waals surface area contributed by atoms with Gasteiger partial charge in [-0.2, -0.15) is 0 Å². The molecule has 0 spiro atoms. The summed E-state index contributed by atoms with van der Waals surface area (Å²) in [6.45, 7) is 12.7. The van der Waals surface area contributed by atoms with Gasteiger partial charge in [-0.15, -0.1) is 0 Å². The first kappa shape index (κ1) is 24.5. The van der Waals surface area contributed by atoms with Crippen LogP contribution in [0.5, 0.6) is 0 Å². The van der Waals surface area contributed by atoms with Crippen LogP contribution < -0.4 is 10.6 Å². The van der Waals surface area contributed by atoms with Gasteiger partial charge in [-0.3, -0.25) is 4.79 Å². The zero-order valence-corrected chi connectivity index (χ0v) is 15.3. The number of rotatable bonds is 14. The molecule has 1 unspecified atom stereocenters. The Morgan fingerprint density at radius 2 is 1.52 bits per heavy atom. The van der Waals surface area contributed by atoms with Gasteiger partial charge in [-0.25, -0.2) is 4.39 Å². The molecule has 0 aromatic heterocycles. The molecule has 0 aromatic carbocycles. The average Bonchev–Trinajstić information content (AvgIpc) is 2.52. The van der Waals surface area contributed by atoms with Gasteiger partial charge in [0.2, 0.25) is 5.91 Å². The predicted octanol–water partition coefficient (Wildman–Crippen LogP) is 1.53. The first-order valence-electron chi connectivity index (χ1n) is 8.37. The molecule has 0 heterocycles. The van der Waals surface area contributed by atoms with Crippen molar-refractivity contribution < 1.29 is 23.4 Å². The molecule has 0 rings (SSSR count).